The quantitative estimate of drug-likeness (QED) is 0.125. The van der Waals surface area contributed by atoms with E-state index in [4.69, 9.17) is 28.4 Å². The lowest BCUT2D eigenvalue weighted by Crippen LogP contribution is -2.59. The molecule has 1 aromatic carbocycles. The standard InChI is InChI=1S/C28H43NO11/c1-16(2)14-35-25(32)38-22-11-10-21(12-23(22)39-26(33)36-15-17(3)4)13-28(24(30)31,29-19(7)8)40-27(34)37-20(9)18(5)6/h10-12,16-20,29H,13-15H2,1-9H3,(H,30,31)/t20?,28-/m0/s1. The predicted molar refractivity (Wildman–Crippen MR) is 144 cm³/mol. The molecule has 1 rings (SSSR count). The Morgan fingerprint density at radius 3 is 1.77 bits per heavy atom. The normalized spacial score (nSPS) is 13.5. The average molecular weight is 570 g/mol. The largest absolute Gasteiger partial charge is 0.513 e. The van der Waals surface area contributed by atoms with Crippen LogP contribution < -0.4 is 14.8 Å². The van der Waals surface area contributed by atoms with Gasteiger partial charge in [0.05, 0.1) is 13.2 Å². The summed E-state index contributed by atoms with van der Waals surface area (Å²) >= 11 is 0. The van der Waals surface area contributed by atoms with Gasteiger partial charge in [0.15, 0.2) is 11.5 Å². The molecule has 0 bridgehead atoms. The Balaban J connectivity index is 3.39. The van der Waals surface area contributed by atoms with E-state index in [1.807, 2.05) is 41.5 Å². The molecule has 0 heterocycles. The molecule has 0 saturated heterocycles. The van der Waals surface area contributed by atoms with Crippen molar-refractivity contribution in [3.05, 3.63) is 23.8 Å². The summed E-state index contributed by atoms with van der Waals surface area (Å²) in [6.07, 6.45) is -4.17. The summed E-state index contributed by atoms with van der Waals surface area (Å²) in [6, 6.07) is 3.60. The molecule has 0 radical (unpaired) electrons. The van der Waals surface area contributed by atoms with Gasteiger partial charge in [0.1, 0.15) is 6.10 Å². The molecule has 0 aliphatic heterocycles. The summed E-state index contributed by atoms with van der Waals surface area (Å²) in [6.45, 7) is 16.3. The summed E-state index contributed by atoms with van der Waals surface area (Å²) in [4.78, 5) is 49.5. The number of hydrogen-bond donors (Lipinski definition) is 2. The van der Waals surface area contributed by atoms with Crippen LogP contribution in [0.3, 0.4) is 0 Å². The average Bonchev–Trinajstić information content (AvgIpc) is 2.82. The summed E-state index contributed by atoms with van der Waals surface area (Å²) in [5, 5.41) is 12.9. The fourth-order valence-electron chi connectivity index (χ4n) is 3.04. The number of benzene rings is 1. The lowest BCUT2D eigenvalue weighted by Gasteiger charge is -2.32. The molecule has 0 aliphatic rings. The summed E-state index contributed by atoms with van der Waals surface area (Å²) in [5.41, 5.74) is -1.98. The van der Waals surface area contributed by atoms with Gasteiger partial charge >= 0.3 is 24.4 Å². The van der Waals surface area contributed by atoms with Crippen molar-refractivity contribution in [3.8, 4) is 11.5 Å². The smallest absolute Gasteiger partial charge is 0.477 e. The second-order valence-corrected chi connectivity index (χ2v) is 10.9. The van der Waals surface area contributed by atoms with Crippen molar-refractivity contribution in [1.29, 1.82) is 0 Å². The first kappa shape index (κ1) is 34.5. The third-order valence-electron chi connectivity index (χ3n) is 5.26. The van der Waals surface area contributed by atoms with Crippen molar-refractivity contribution in [1.82, 2.24) is 5.32 Å². The molecule has 40 heavy (non-hydrogen) atoms. The van der Waals surface area contributed by atoms with Crippen LogP contribution in [0.25, 0.3) is 0 Å². The van der Waals surface area contributed by atoms with Gasteiger partial charge in [-0.15, -0.1) is 0 Å². The van der Waals surface area contributed by atoms with Gasteiger partial charge in [-0.05, 0) is 56.2 Å². The van der Waals surface area contributed by atoms with Gasteiger partial charge in [-0.2, -0.15) is 0 Å². The van der Waals surface area contributed by atoms with Gasteiger partial charge in [0.2, 0.25) is 0 Å². The molecule has 12 nitrogen and oxygen atoms in total. The van der Waals surface area contributed by atoms with Gasteiger partial charge in [-0.3, -0.25) is 5.32 Å². The highest BCUT2D eigenvalue weighted by Gasteiger charge is 2.44. The highest BCUT2D eigenvalue weighted by molar-refractivity contribution is 5.80. The zero-order valence-electron chi connectivity index (χ0n) is 24.8. The monoisotopic (exact) mass is 569 g/mol. The number of carbonyl (C=O) groups is 4. The van der Waals surface area contributed by atoms with Crippen LogP contribution in [-0.2, 0) is 30.2 Å². The van der Waals surface area contributed by atoms with Crippen molar-refractivity contribution in [2.75, 3.05) is 13.2 Å². The number of carboxylic acids is 1. The van der Waals surface area contributed by atoms with Gasteiger partial charge in [0, 0.05) is 12.5 Å². The van der Waals surface area contributed by atoms with Crippen LogP contribution in [0.2, 0.25) is 0 Å². The van der Waals surface area contributed by atoms with Crippen molar-refractivity contribution in [3.63, 3.8) is 0 Å². The maximum atomic E-state index is 12.6. The van der Waals surface area contributed by atoms with Crippen LogP contribution >= 0.6 is 0 Å². The Bertz CT molecular complexity index is 1010. The number of hydrogen-bond acceptors (Lipinski definition) is 11. The van der Waals surface area contributed by atoms with E-state index in [0.717, 1.165) is 0 Å². The van der Waals surface area contributed by atoms with E-state index in [-0.39, 0.29) is 48.0 Å². The highest BCUT2D eigenvalue weighted by atomic mass is 16.8. The Morgan fingerprint density at radius 1 is 0.800 bits per heavy atom. The molecule has 0 amide bonds. The summed E-state index contributed by atoms with van der Waals surface area (Å²) in [5.74, 6) is -1.80. The molecule has 2 atom stereocenters. The lowest BCUT2D eigenvalue weighted by molar-refractivity contribution is -0.168. The van der Waals surface area contributed by atoms with E-state index in [1.165, 1.54) is 18.2 Å². The fraction of sp³-hybridized carbons (Fsp3) is 0.643. The molecule has 1 aromatic rings. The molecule has 1 unspecified atom stereocenters. The van der Waals surface area contributed by atoms with Crippen LogP contribution in [0.1, 0.15) is 67.9 Å². The molecule has 2 N–H and O–H groups in total. The van der Waals surface area contributed by atoms with E-state index in [0.29, 0.717) is 0 Å². The lowest BCUT2D eigenvalue weighted by atomic mass is 10.0. The number of carbonyl (C=O) groups excluding carboxylic acids is 3. The van der Waals surface area contributed by atoms with Crippen molar-refractivity contribution < 1.29 is 52.7 Å². The summed E-state index contributed by atoms with van der Waals surface area (Å²) < 4.78 is 31.2. The molecule has 12 heteroatoms. The van der Waals surface area contributed by atoms with Crippen LogP contribution in [0.4, 0.5) is 14.4 Å². The third-order valence-corrected chi connectivity index (χ3v) is 5.26. The second-order valence-electron chi connectivity index (χ2n) is 10.9. The minimum absolute atomic E-state index is 0.0280. The minimum Gasteiger partial charge on any atom is -0.477 e. The van der Waals surface area contributed by atoms with Crippen LogP contribution in [0.5, 0.6) is 11.5 Å². The van der Waals surface area contributed by atoms with Crippen molar-refractivity contribution in [2.24, 2.45) is 17.8 Å². The zero-order chi connectivity index (χ0) is 30.6. The number of aliphatic carboxylic acids is 1. The number of nitrogens with one attached hydrogen (secondary N) is 1. The Kier molecular flexibility index (Phi) is 13.7. The zero-order valence-corrected chi connectivity index (χ0v) is 24.8. The SMILES string of the molecule is CC(C)COC(=O)Oc1ccc(C[C@](NC(C)C)(OC(=O)OC(C)C(C)C)C(=O)O)cc1OC(=O)OCC(C)C. The Hall–Kier alpha value is -3.54. The molecule has 0 saturated carbocycles. The molecule has 0 aliphatic carbocycles. The van der Waals surface area contributed by atoms with E-state index in [9.17, 15) is 24.3 Å². The van der Waals surface area contributed by atoms with Crippen molar-refractivity contribution in [2.45, 2.75) is 86.6 Å². The number of ether oxygens (including phenoxy) is 6. The maximum Gasteiger partial charge on any atom is 0.513 e. The van der Waals surface area contributed by atoms with Crippen LogP contribution in [0.15, 0.2) is 18.2 Å². The third kappa shape index (κ3) is 12.1. The first-order chi connectivity index (χ1) is 18.5. The summed E-state index contributed by atoms with van der Waals surface area (Å²) in [7, 11) is 0. The van der Waals surface area contributed by atoms with Gasteiger partial charge < -0.3 is 33.5 Å². The number of rotatable bonds is 14. The molecule has 0 fully saturated rings. The van der Waals surface area contributed by atoms with Gasteiger partial charge in [-0.25, -0.2) is 19.2 Å². The number of carboxylic acid groups (broad SMARTS) is 1. The second kappa shape index (κ2) is 15.9. The first-order valence-corrected chi connectivity index (χ1v) is 13.3. The first-order valence-electron chi connectivity index (χ1n) is 13.3. The molecular formula is C28H43NO11. The highest BCUT2D eigenvalue weighted by Crippen LogP contribution is 2.31. The van der Waals surface area contributed by atoms with Crippen molar-refractivity contribution >= 4 is 24.4 Å². The minimum atomic E-state index is -2.24. The predicted octanol–water partition coefficient (Wildman–Crippen LogP) is 5.55. The fourth-order valence-corrected chi connectivity index (χ4v) is 3.04. The van der Waals surface area contributed by atoms with Crippen LogP contribution in [0, 0.1) is 17.8 Å². The van der Waals surface area contributed by atoms with E-state index in [2.05, 4.69) is 5.32 Å². The van der Waals surface area contributed by atoms with Gasteiger partial charge in [0.25, 0.3) is 5.72 Å². The Labute approximate surface area is 235 Å². The van der Waals surface area contributed by atoms with E-state index in [1.54, 1.807) is 20.8 Å². The van der Waals surface area contributed by atoms with Gasteiger partial charge in [-0.1, -0.05) is 47.6 Å². The molecule has 226 valence electrons. The van der Waals surface area contributed by atoms with Crippen LogP contribution in [-0.4, -0.2) is 60.6 Å². The Morgan fingerprint density at radius 2 is 1.32 bits per heavy atom. The van der Waals surface area contributed by atoms with E-state index >= 15 is 0 Å². The van der Waals surface area contributed by atoms with E-state index < -0.39 is 48.7 Å². The maximum absolute atomic E-state index is 12.6. The molecule has 0 aromatic heterocycles. The molecular weight excluding hydrogens is 526 g/mol. The molecule has 0 spiro atoms. The topological polar surface area (TPSA) is 156 Å².